The summed E-state index contributed by atoms with van der Waals surface area (Å²) in [4.78, 5) is 43.1. The van der Waals surface area contributed by atoms with Gasteiger partial charge in [0.25, 0.3) is 5.56 Å². The Labute approximate surface area is 177 Å². The molecule has 1 N–H and O–H groups in total. The molecular formula is C19H25BrN4O3S. The van der Waals surface area contributed by atoms with Gasteiger partial charge in [0.15, 0.2) is 5.16 Å². The highest BCUT2D eigenvalue weighted by molar-refractivity contribution is 9.10. The molecule has 2 amide bonds. The average molecular weight is 469 g/mol. The van der Waals surface area contributed by atoms with Crippen molar-refractivity contribution in [2.75, 3.05) is 19.3 Å². The number of thioether (sulfide) groups is 1. The Bertz CT molecular complexity index is 953. The minimum atomic E-state index is -0.350. The summed E-state index contributed by atoms with van der Waals surface area (Å²) < 4.78 is 2.37. The van der Waals surface area contributed by atoms with Crippen molar-refractivity contribution in [1.82, 2.24) is 19.8 Å². The quantitative estimate of drug-likeness (QED) is 0.520. The van der Waals surface area contributed by atoms with Crippen molar-refractivity contribution in [1.29, 1.82) is 0 Å². The van der Waals surface area contributed by atoms with Gasteiger partial charge in [-0.15, -0.1) is 0 Å². The van der Waals surface area contributed by atoms with E-state index in [1.165, 1.54) is 16.7 Å². The highest BCUT2D eigenvalue weighted by atomic mass is 79.9. The fourth-order valence-electron chi connectivity index (χ4n) is 2.56. The molecule has 0 saturated carbocycles. The molecule has 2 rings (SSSR count). The van der Waals surface area contributed by atoms with Crippen LogP contribution in [-0.2, 0) is 16.1 Å². The first-order chi connectivity index (χ1) is 13.0. The van der Waals surface area contributed by atoms with E-state index in [-0.39, 0.29) is 35.2 Å². The number of rotatable bonds is 6. The van der Waals surface area contributed by atoms with Gasteiger partial charge in [-0.1, -0.05) is 27.7 Å². The van der Waals surface area contributed by atoms with Gasteiger partial charge in [-0.25, -0.2) is 4.98 Å². The number of hydrogen-bond donors (Lipinski definition) is 1. The van der Waals surface area contributed by atoms with Crippen molar-refractivity contribution in [3.05, 3.63) is 33.0 Å². The van der Waals surface area contributed by atoms with Crippen molar-refractivity contribution < 1.29 is 9.59 Å². The van der Waals surface area contributed by atoms with Crippen LogP contribution in [0, 0.1) is 0 Å². The second-order valence-electron chi connectivity index (χ2n) is 7.44. The molecular weight excluding hydrogens is 444 g/mol. The van der Waals surface area contributed by atoms with E-state index in [4.69, 9.17) is 0 Å². The molecule has 0 saturated heterocycles. The van der Waals surface area contributed by atoms with Crippen LogP contribution >= 0.6 is 27.7 Å². The van der Waals surface area contributed by atoms with Gasteiger partial charge in [-0.2, -0.15) is 0 Å². The smallest absolute Gasteiger partial charge is 0.262 e. The lowest BCUT2D eigenvalue weighted by Gasteiger charge is -2.23. The van der Waals surface area contributed by atoms with Gasteiger partial charge in [-0.3, -0.25) is 19.0 Å². The molecule has 0 spiro atoms. The van der Waals surface area contributed by atoms with Gasteiger partial charge in [0, 0.05) is 23.6 Å². The van der Waals surface area contributed by atoms with Gasteiger partial charge in [0.05, 0.1) is 23.2 Å². The van der Waals surface area contributed by atoms with Gasteiger partial charge >= 0.3 is 0 Å². The number of aromatic nitrogens is 2. The third-order valence-electron chi connectivity index (χ3n) is 3.84. The first-order valence-electron chi connectivity index (χ1n) is 8.89. The molecule has 1 aromatic carbocycles. The van der Waals surface area contributed by atoms with Crippen molar-refractivity contribution in [2.45, 2.75) is 44.9 Å². The van der Waals surface area contributed by atoms with E-state index in [0.29, 0.717) is 22.6 Å². The molecule has 0 aliphatic rings. The lowest BCUT2D eigenvalue weighted by molar-refractivity contribution is -0.133. The summed E-state index contributed by atoms with van der Waals surface area (Å²) in [6.45, 7) is 7.95. The highest BCUT2D eigenvalue weighted by Crippen LogP contribution is 2.20. The van der Waals surface area contributed by atoms with E-state index >= 15 is 0 Å². The molecule has 0 unspecified atom stereocenters. The van der Waals surface area contributed by atoms with Crippen molar-refractivity contribution in [3.8, 4) is 0 Å². The summed E-state index contributed by atoms with van der Waals surface area (Å²) in [7, 11) is 1.59. The van der Waals surface area contributed by atoms with Crippen LogP contribution in [0.25, 0.3) is 10.9 Å². The van der Waals surface area contributed by atoms with Crippen LogP contribution in [-0.4, -0.2) is 51.1 Å². The molecule has 0 aliphatic carbocycles. The molecule has 7 nitrogen and oxygen atoms in total. The summed E-state index contributed by atoms with van der Waals surface area (Å²) in [6, 6.07) is 5.35. The molecule has 0 radical (unpaired) electrons. The third-order valence-corrected chi connectivity index (χ3v) is 5.30. The van der Waals surface area contributed by atoms with Crippen LogP contribution in [0.1, 0.15) is 27.7 Å². The average Bonchev–Trinajstić information content (AvgIpc) is 2.58. The Morgan fingerprint density at radius 1 is 1.32 bits per heavy atom. The number of nitrogens with one attached hydrogen (secondary N) is 1. The van der Waals surface area contributed by atoms with E-state index < -0.39 is 0 Å². The van der Waals surface area contributed by atoms with Gasteiger partial charge < -0.3 is 10.2 Å². The van der Waals surface area contributed by atoms with Crippen LogP contribution in [0.15, 0.2) is 32.6 Å². The zero-order valence-electron chi connectivity index (χ0n) is 16.7. The Balaban J connectivity index is 2.12. The molecule has 2 aromatic rings. The highest BCUT2D eigenvalue weighted by Gasteiger charge is 2.19. The number of carbonyl (C=O) groups is 2. The van der Waals surface area contributed by atoms with Gasteiger partial charge in [0.2, 0.25) is 11.8 Å². The van der Waals surface area contributed by atoms with Gasteiger partial charge in [0.1, 0.15) is 0 Å². The fourth-order valence-corrected chi connectivity index (χ4v) is 3.92. The van der Waals surface area contributed by atoms with E-state index in [2.05, 4.69) is 26.2 Å². The van der Waals surface area contributed by atoms with Crippen LogP contribution in [0.3, 0.4) is 0 Å². The molecule has 0 fully saturated rings. The second-order valence-corrected chi connectivity index (χ2v) is 9.30. The van der Waals surface area contributed by atoms with E-state index in [0.717, 1.165) is 4.47 Å². The summed E-state index contributed by atoms with van der Waals surface area (Å²) in [5.74, 6) is -0.330. The molecule has 1 heterocycles. The third kappa shape index (κ3) is 5.81. The molecule has 9 heteroatoms. The Morgan fingerprint density at radius 3 is 2.61 bits per heavy atom. The summed E-state index contributed by atoms with van der Waals surface area (Å²) >= 11 is 4.57. The maximum Gasteiger partial charge on any atom is 0.262 e. The summed E-state index contributed by atoms with van der Waals surface area (Å²) in [5, 5.41) is 3.85. The standard InChI is InChI=1S/C19H25BrN4O3S/c1-6-24-17(27)13-9-12(20)7-8-14(13)21-18(24)28-11-16(26)23(5)10-15(25)22-19(2,3)4/h7-9H,6,10-11H2,1-5H3,(H,22,25). The number of fused-ring (bicyclic) bond motifs is 1. The lowest BCUT2D eigenvalue weighted by Crippen LogP contribution is -2.46. The van der Waals surface area contributed by atoms with Crippen molar-refractivity contribution in [3.63, 3.8) is 0 Å². The van der Waals surface area contributed by atoms with Crippen molar-refractivity contribution in [2.24, 2.45) is 0 Å². The minimum absolute atomic E-state index is 0.0174. The van der Waals surface area contributed by atoms with Gasteiger partial charge in [-0.05, 0) is 45.9 Å². The van der Waals surface area contributed by atoms with E-state index in [1.807, 2.05) is 33.8 Å². The summed E-state index contributed by atoms with van der Waals surface area (Å²) in [5.41, 5.74) is 0.101. The maximum absolute atomic E-state index is 12.7. The lowest BCUT2D eigenvalue weighted by atomic mass is 10.1. The summed E-state index contributed by atoms with van der Waals surface area (Å²) in [6.07, 6.45) is 0. The Hall–Kier alpha value is -1.87. The predicted molar refractivity (Wildman–Crippen MR) is 116 cm³/mol. The zero-order valence-corrected chi connectivity index (χ0v) is 19.1. The number of likely N-dealkylation sites (N-methyl/N-ethyl adjacent to an activating group) is 1. The second kappa shape index (κ2) is 9.09. The van der Waals surface area contributed by atoms with Crippen molar-refractivity contribution >= 4 is 50.4 Å². The molecule has 0 bridgehead atoms. The molecule has 152 valence electrons. The number of nitrogens with zero attached hydrogens (tertiary/aromatic N) is 3. The SMILES string of the molecule is CCn1c(SCC(=O)N(C)CC(=O)NC(C)(C)C)nc2ccc(Br)cc2c1=O. The molecule has 28 heavy (non-hydrogen) atoms. The monoisotopic (exact) mass is 468 g/mol. The molecule has 0 atom stereocenters. The first kappa shape index (κ1) is 22.4. The fraction of sp³-hybridized carbons (Fsp3) is 0.474. The normalized spacial score (nSPS) is 11.5. The van der Waals surface area contributed by atoms with E-state index in [9.17, 15) is 14.4 Å². The molecule has 0 aliphatic heterocycles. The minimum Gasteiger partial charge on any atom is -0.350 e. The largest absolute Gasteiger partial charge is 0.350 e. The van der Waals surface area contributed by atoms with Crippen LogP contribution < -0.4 is 10.9 Å². The van der Waals surface area contributed by atoms with E-state index in [1.54, 1.807) is 23.7 Å². The van der Waals surface area contributed by atoms with Crippen LogP contribution in [0.4, 0.5) is 0 Å². The number of benzene rings is 1. The number of halogens is 1. The predicted octanol–water partition coefficient (Wildman–Crippen LogP) is 2.64. The molecule has 1 aromatic heterocycles. The first-order valence-corrected chi connectivity index (χ1v) is 10.7. The number of amides is 2. The van der Waals surface area contributed by atoms with Crippen LogP contribution in [0.5, 0.6) is 0 Å². The topological polar surface area (TPSA) is 84.3 Å². The Morgan fingerprint density at radius 2 is 2.00 bits per heavy atom. The Kier molecular flexibility index (Phi) is 7.28. The zero-order chi connectivity index (χ0) is 21.1. The maximum atomic E-state index is 12.7. The number of hydrogen-bond acceptors (Lipinski definition) is 5. The van der Waals surface area contributed by atoms with Crippen LogP contribution in [0.2, 0.25) is 0 Å². The number of carbonyl (C=O) groups excluding carboxylic acids is 2.